The fraction of sp³-hybridized carbons (Fsp3) is 0.0909. The van der Waals surface area contributed by atoms with Gasteiger partial charge in [-0.05, 0) is 48.0 Å². The van der Waals surface area contributed by atoms with Crippen LogP contribution in [0.5, 0.6) is 11.5 Å². The summed E-state index contributed by atoms with van der Waals surface area (Å²) in [6, 6.07) is 19.4. The van der Waals surface area contributed by atoms with Crippen molar-refractivity contribution < 1.29 is 14.3 Å². The molecule has 7 heteroatoms. The number of ether oxygens (including phenoxy) is 2. The van der Waals surface area contributed by atoms with Gasteiger partial charge in [0.1, 0.15) is 6.61 Å². The van der Waals surface area contributed by atoms with Crippen LogP contribution < -0.4 is 14.9 Å². The smallest absolute Gasteiger partial charge is 0.271 e. The zero-order chi connectivity index (χ0) is 20.6. The predicted octanol–water partition coefficient (Wildman–Crippen LogP) is 5.34. The molecule has 0 aliphatic rings. The molecule has 1 N–H and O–H groups in total. The van der Waals surface area contributed by atoms with E-state index in [0.29, 0.717) is 39.3 Å². The molecule has 1 amide bonds. The molecular weight excluding hydrogens is 411 g/mol. The number of nitrogens with one attached hydrogen (secondary N) is 1. The molecule has 148 valence electrons. The minimum absolute atomic E-state index is 0.327. The molecule has 0 unspecified atom stereocenters. The van der Waals surface area contributed by atoms with Gasteiger partial charge in [-0.15, -0.1) is 0 Å². The zero-order valence-corrected chi connectivity index (χ0v) is 17.1. The van der Waals surface area contributed by atoms with Crippen molar-refractivity contribution in [3.63, 3.8) is 0 Å². The quantitative estimate of drug-likeness (QED) is 0.407. The van der Waals surface area contributed by atoms with Gasteiger partial charge in [0.2, 0.25) is 0 Å². The third-order valence-electron chi connectivity index (χ3n) is 3.98. The second-order valence-electron chi connectivity index (χ2n) is 6.00. The summed E-state index contributed by atoms with van der Waals surface area (Å²) in [6.07, 6.45) is 1.50. The summed E-state index contributed by atoms with van der Waals surface area (Å²) in [5, 5.41) is 5.17. The van der Waals surface area contributed by atoms with Gasteiger partial charge < -0.3 is 9.47 Å². The molecule has 0 heterocycles. The van der Waals surface area contributed by atoms with Gasteiger partial charge in [0.25, 0.3) is 5.91 Å². The molecule has 5 nitrogen and oxygen atoms in total. The Kier molecular flexibility index (Phi) is 7.11. The van der Waals surface area contributed by atoms with Gasteiger partial charge in [-0.25, -0.2) is 5.43 Å². The molecule has 0 bridgehead atoms. The number of benzene rings is 3. The number of nitrogens with zero attached hydrogens (tertiary/aromatic N) is 1. The highest BCUT2D eigenvalue weighted by Crippen LogP contribution is 2.31. The van der Waals surface area contributed by atoms with E-state index >= 15 is 0 Å². The van der Waals surface area contributed by atoms with Gasteiger partial charge in [0.05, 0.1) is 13.3 Å². The third-order valence-corrected chi connectivity index (χ3v) is 4.47. The van der Waals surface area contributed by atoms with Crippen molar-refractivity contribution in [2.75, 3.05) is 7.11 Å². The van der Waals surface area contributed by atoms with Crippen LogP contribution in [0.3, 0.4) is 0 Å². The Morgan fingerprint density at radius 2 is 1.79 bits per heavy atom. The Balaban J connectivity index is 1.73. The molecule has 3 aromatic carbocycles. The van der Waals surface area contributed by atoms with Gasteiger partial charge in [-0.1, -0.05) is 47.5 Å². The number of para-hydroxylation sites is 1. The van der Waals surface area contributed by atoms with Crippen LogP contribution in [0.25, 0.3) is 0 Å². The highest BCUT2D eigenvalue weighted by Gasteiger charge is 2.10. The first-order chi connectivity index (χ1) is 14.1. The average molecular weight is 429 g/mol. The largest absolute Gasteiger partial charge is 0.493 e. The summed E-state index contributed by atoms with van der Waals surface area (Å²) in [5.41, 5.74) is 4.51. The van der Waals surface area contributed by atoms with Crippen LogP contribution >= 0.6 is 23.2 Å². The molecule has 0 aliphatic heterocycles. The topological polar surface area (TPSA) is 59.9 Å². The lowest BCUT2D eigenvalue weighted by Crippen LogP contribution is -2.17. The van der Waals surface area contributed by atoms with Crippen LogP contribution in [0.2, 0.25) is 10.0 Å². The van der Waals surface area contributed by atoms with E-state index in [1.165, 1.54) is 6.21 Å². The van der Waals surface area contributed by atoms with Crippen LogP contribution in [0, 0.1) is 0 Å². The van der Waals surface area contributed by atoms with Crippen molar-refractivity contribution in [3.05, 3.63) is 93.5 Å². The van der Waals surface area contributed by atoms with Crippen LogP contribution in [-0.4, -0.2) is 19.2 Å². The minimum Gasteiger partial charge on any atom is -0.493 e. The van der Waals surface area contributed by atoms with Gasteiger partial charge >= 0.3 is 0 Å². The van der Waals surface area contributed by atoms with Crippen LogP contribution in [-0.2, 0) is 6.61 Å². The highest BCUT2D eigenvalue weighted by molar-refractivity contribution is 6.31. The number of carbonyl (C=O) groups is 1. The Morgan fingerprint density at radius 3 is 2.52 bits per heavy atom. The first-order valence-corrected chi connectivity index (χ1v) is 9.45. The fourth-order valence-corrected chi connectivity index (χ4v) is 2.86. The van der Waals surface area contributed by atoms with Gasteiger partial charge in [0, 0.05) is 21.2 Å². The number of carbonyl (C=O) groups excluding carboxylic acids is 1. The molecule has 0 atom stereocenters. The molecule has 0 saturated carbocycles. The fourth-order valence-electron chi connectivity index (χ4n) is 2.54. The van der Waals surface area contributed by atoms with E-state index in [0.717, 1.165) is 5.56 Å². The van der Waals surface area contributed by atoms with Crippen LogP contribution in [0.15, 0.2) is 71.8 Å². The van der Waals surface area contributed by atoms with Crippen molar-refractivity contribution in [2.45, 2.75) is 6.61 Å². The van der Waals surface area contributed by atoms with Gasteiger partial charge in [-0.3, -0.25) is 4.79 Å². The maximum atomic E-state index is 12.2. The average Bonchev–Trinajstić information content (AvgIpc) is 2.73. The molecule has 0 radical (unpaired) electrons. The lowest BCUT2D eigenvalue weighted by Gasteiger charge is -2.13. The number of halogens is 2. The van der Waals surface area contributed by atoms with Crippen molar-refractivity contribution in [3.8, 4) is 11.5 Å². The third kappa shape index (κ3) is 5.73. The van der Waals surface area contributed by atoms with Crippen molar-refractivity contribution in [1.29, 1.82) is 0 Å². The summed E-state index contributed by atoms with van der Waals surface area (Å²) in [6.45, 7) is 0.327. The van der Waals surface area contributed by atoms with E-state index in [2.05, 4.69) is 10.5 Å². The second-order valence-corrected chi connectivity index (χ2v) is 6.88. The van der Waals surface area contributed by atoms with E-state index in [9.17, 15) is 4.79 Å². The number of rotatable bonds is 7. The summed E-state index contributed by atoms with van der Waals surface area (Å²) < 4.78 is 11.3. The zero-order valence-electron chi connectivity index (χ0n) is 15.6. The molecule has 0 saturated heterocycles. The molecule has 0 spiro atoms. The monoisotopic (exact) mass is 428 g/mol. The standard InChI is InChI=1S/C22H18Cl2N2O3/c1-28-20-7-3-5-17(21(20)29-14-15-8-10-18(23)11-9-15)13-25-26-22(27)16-4-2-6-19(24)12-16/h2-13H,14H2,1H3,(H,26,27)/b25-13+. The number of methoxy groups -OCH3 is 1. The van der Waals surface area contributed by atoms with E-state index in [4.69, 9.17) is 32.7 Å². The molecular formula is C22H18Cl2N2O3. The maximum Gasteiger partial charge on any atom is 0.271 e. The van der Waals surface area contributed by atoms with E-state index in [-0.39, 0.29) is 5.91 Å². The predicted molar refractivity (Wildman–Crippen MR) is 115 cm³/mol. The van der Waals surface area contributed by atoms with Crippen molar-refractivity contribution in [1.82, 2.24) is 5.43 Å². The first-order valence-electron chi connectivity index (χ1n) is 8.70. The number of hydrazone groups is 1. The van der Waals surface area contributed by atoms with Crippen LogP contribution in [0.4, 0.5) is 0 Å². The molecule has 3 aromatic rings. The van der Waals surface area contributed by atoms with E-state index in [1.54, 1.807) is 49.6 Å². The van der Waals surface area contributed by atoms with Crippen LogP contribution in [0.1, 0.15) is 21.5 Å². The SMILES string of the molecule is COc1cccc(/C=N/NC(=O)c2cccc(Cl)c2)c1OCc1ccc(Cl)cc1. The second kappa shape index (κ2) is 9.96. The van der Waals surface area contributed by atoms with E-state index < -0.39 is 0 Å². The first kappa shape index (κ1) is 20.7. The number of hydrogen-bond donors (Lipinski definition) is 1. The molecule has 0 aromatic heterocycles. The Bertz CT molecular complexity index is 1020. The Hall–Kier alpha value is -3.02. The van der Waals surface area contributed by atoms with Gasteiger partial charge in [0.15, 0.2) is 11.5 Å². The summed E-state index contributed by atoms with van der Waals surface area (Å²) in [7, 11) is 1.56. The highest BCUT2D eigenvalue weighted by atomic mass is 35.5. The number of hydrogen-bond acceptors (Lipinski definition) is 4. The van der Waals surface area contributed by atoms with Crippen molar-refractivity contribution in [2.24, 2.45) is 5.10 Å². The molecule has 29 heavy (non-hydrogen) atoms. The Morgan fingerprint density at radius 1 is 1.03 bits per heavy atom. The molecule has 0 fully saturated rings. The lowest BCUT2D eigenvalue weighted by molar-refractivity contribution is 0.0955. The van der Waals surface area contributed by atoms with Gasteiger partial charge in [-0.2, -0.15) is 5.10 Å². The number of amides is 1. The minimum atomic E-state index is -0.365. The summed E-state index contributed by atoms with van der Waals surface area (Å²) >= 11 is 11.8. The summed E-state index contributed by atoms with van der Waals surface area (Å²) in [5.74, 6) is 0.713. The molecule has 0 aliphatic carbocycles. The normalized spacial score (nSPS) is 10.7. The van der Waals surface area contributed by atoms with Crippen molar-refractivity contribution >= 4 is 35.3 Å². The molecule has 3 rings (SSSR count). The maximum absolute atomic E-state index is 12.2. The van der Waals surface area contributed by atoms with E-state index in [1.807, 2.05) is 24.3 Å². The lowest BCUT2D eigenvalue weighted by atomic mass is 10.2. The summed E-state index contributed by atoms with van der Waals surface area (Å²) in [4.78, 5) is 12.2. The Labute approximate surface area is 178 Å².